The normalized spacial score (nSPS) is 19.9. The van der Waals surface area contributed by atoms with Crippen LogP contribution in [0.25, 0.3) is 0 Å². The maximum atomic E-state index is 4.86. The van der Waals surface area contributed by atoms with Gasteiger partial charge in [-0.2, -0.15) is 0 Å². The van der Waals surface area contributed by atoms with Crippen LogP contribution in [-0.4, -0.2) is 10.5 Å². The van der Waals surface area contributed by atoms with Crippen LogP contribution >= 0.6 is 0 Å². The van der Waals surface area contributed by atoms with Crippen molar-refractivity contribution in [2.24, 2.45) is 0 Å². The first kappa shape index (κ1) is 5.89. The molecule has 1 aliphatic carbocycles. The summed E-state index contributed by atoms with van der Waals surface area (Å²) in [7, 11) is 2.99. The lowest BCUT2D eigenvalue weighted by Gasteiger charge is -2.09. The molecule has 0 aliphatic heterocycles. The van der Waals surface area contributed by atoms with Gasteiger partial charge in [-0.25, -0.2) is 0 Å². The Kier molecular flexibility index (Phi) is 2.15. The molecular weight excluding hydrogens is 116 g/mol. The lowest BCUT2D eigenvalue weighted by atomic mass is 10.1. The highest BCUT2D eigenvalue weighted by molar-refractivity contribution is 5.98. The van der Waals surface area contributed by atoms with E-state index >= 15 is 0 Å². The molecule has 0 aromatic carbocycles. The van der Waals surface area contributed by atoms with E-state index in [1.807, 2.05) is 0 Å². The summed E-state index contributed by atoms with van der Waals surface area (Å²) in [6.45, 7) is 0. The molecule has 2 heteroatoms. The molecule has 0 aromatic rings. The van der Waals surface area contributed by atoms with Crippen molar-refractivity contribution in [2.45, 2.75) is 25.7 Å². The van der Waals surface area contributed by atoms with Crippen LogP contribution in [0, 0.1) is 0 Å². The second kappa shape index (κ2) is 2.92. The average Bonchev–Trinajstić information content (AvgIpc) is 1.90. The summed E-state index contributed by atoms with van der Waals surface area (Å²) in [6.07, 6.45) is 7.01. The van der Waals surface area contributed by atoms with Crippen LogP contribution in [0.3, 0.4) is 0 Å². The van der Waals surface area contributed by atoms with Crippen molar-refractivity contribution in [3.8, 4) is 0 Å². The van der Waals surface area contributed by atoms with Gasteiger partial charge in [-0.05, 0) is 25.3 Å². The number of allylic oxidation sites excluding steroid dienone is 2. The van der Waals surface area contributed by atoms with Gasteiger partial charge < -0.3 is 4.43 Å². The summed E-state index contributed by atoms with van der Waals surface area (Å²) in [5, 5.41) is 0. The van der Waals surface area contributed by atoms with Crippen molar-refractivity contribution < 1.29 is 4.43 Å². The predicted octanol–water partition coefficient (Wildman–Crippen LogP) is 1.54. The fourth-order valence-electron chi connectivity index (χ4n) is 0.901. The smallest absolute Gasteiger partial charge is 0.340 e. The zero-order chi connectivity index (χ0) is 5.82. The Bertz CT molecular complexity index is 98.7. The molecule has 0 bridgehead atoms. The number of rotatable bonds is 1. The number of hydrogen-bond donors (Lipinski definition) is 0. The van der Waals surface area contributed by atoms with Crippen molar-refractivity contribution in [2.75, 3.05) is 0 Å². The van der Waals surface area contributed by atoms with Crippen molar-refractivity contribution in [3.05, 3.63) is 11.8 Å². The molecule has 0 N–H and O–H groups in total. The topological polar surface area (TPSA) is 9.23 Å². The van der Waals surface area contributed by atoms with Crippen molar-refractivity contribution in [1.29, 1.82) is 0 Å². The fraction of sp³-hybridized carbons (Fsp3) is 0.667. The van der Waals surface area contributed by atoms with Gasteiger partial charge >= 0.3 is 10.5 Å². The molecule has 1 rings (SSSR count). The quantitative estimate of drug-likeness (QED) is 0.483. The molecule has 43 valence electrons. The van der Waals surface area contributed by atoms with E-state index in [-0.39, 0.29) is 0 Å². The van der Waals surface area contributed by atoms with E-state index in [2.05, 4.69) is 16.6 Å². The largest absolute Gasteiger partial charge is 0.544 e. The van der Waals surface area contributed by atoms with Crippen LogP contribution in [0.2, 0.25) is 0 Å². The van der Waals surface area contributed by atoms with Gasteiger partial charge in [0.15, 0.2) is 0 Å². The molecule has 0 fully saturated rings. The third-order valence-corrected chi connectivity index (χ3v) is 1.64. The fourth-order valence-corrected chi connectivity index (χ4v) is 1.09. The first-order valence-electron chi connectivity index (χ1n) is 2.96. The Morgan fingerprint density at radius 1 is 1.50 bits per heavy atom. The van der Waals surface area contributed by atoms with E-state index in [1.165, 1.54) is 19.3 Å². The van der Waals surface area contributed by atoms with E-state index in [0.29, 0.717) is 0 Å². The first-order valence-corrected chi connectivity index (χ1v) is 3.37. The van der Waals surface area contributed by atoms with Gasteiger partial charge in [0.2, 0.25) is 0 Å². The molecule has 0 spiro atoms. The van der Waals surface area contributed by atoms with Crippen molar-refractivity contribution in [1.82, 2.24) is 0 Å². The SMILES string of the molecule is [Si]OC1=CCCCC1. The maximum absolute atomic E-state index is 4.86. The van der Waals surface area contributed by atoms with E-state index in [4.69, 9.17) is 4.43 Å². The molecule has 0 unspecified atom stereocenters. The van der Waals surface area contributed by atoms with E-state index < -0.39 is 0 Å². The van der Waals surface area contributed by atoms with Gasteiger partial charge in [-0.1, -0.05) is 0 Å². The molecule has 8 heavy (non-hydrogen) atoms. The Morgan fingerprint density at radius 2 is 2.38 bits per heavy atom. The van der Waals surface area contributed by atoms with Gasteiger partial charge in [0, 0.05) is 6.42 Å². The standard InChI is InChI=1S/C6H9OSi/c8-7-6-4-2-1-3-5-6/h4H,1-3,5H2. The summed E-state index contributed by atoms with van der Waals surface area (Å²) in [5.41, 5.74) is 0. The molecule has 0 saturated heterocycles. The van der Waals surface area contributed by atoms with Crippen LogP contribution in [0.1, 0.15) is 25.7 Å². The number of hydrogen-bond acceptors (Lipinski definition) is 1. The second-order valence-electron chi connectivity index (χ2n) is 2.02. The van der Waals surface area contributed by atoms with Gasteiger partial charge in [-0.15, -0.1) is 0 Å². The van der Waals surface area contributed by atoms with Crippen molar-refractivity contribution >= 4 is 10.5 Å². The zero-order valence-corrected chi connectivity index (χ0v) is 5.81. The van der Waals surface area contributed by atoms with Crippen molar-refractivity contribution in [3.63, 3.8) is 0 Å². The lowest BCUT2D eigenvalue weighted by Crippen LogP contribution is -1.93. The predicted molar refractivity (Wildman–Crippen MR) is 33.4 cm³/mol. The summed E-state index contributed by atoms with van der Waals surface area (Å²) >= 11 is 0. The van der Waals surface area contributed by atoms with Crippen LogP contribution in [-0.2, 0) is 4.43 Å². The minimum absolute atomic E-state index is 1.09. The zero-order valence-electron chi connectivity index (χ0n) is 4.81. The Balaban J connectivity index is 2.37. The lowest BCUT2D eigenvalue weighted by molar-refractivity contribution is 0.417. The highest BCUT2D eigenvalue weighted by Crippen LogP contribution is 2.16. The minimum Gasteiger partial charge on any atom is -0.544 e. The molecule has 3 radical (unpaired) electrons. The molecule has 0 aromatic heterocycles. The molecule has 1 aliphatic rings. The Morgan fingerprint density at radius 3 is 2.75 bits per heavy atom. The minimum atomic E-state index is 1.09. The highest BCUT2D eigenvalue weighted by Gasteiger charge is 2.00. The van der Waals surface area contributed by atoms with Gasteiger partial charge in [0.1, 0.15) is 0 Å². The summed E-state index contributed by atoms with van der Waals surface area (Å²) in [6, 6.07) is 0. The van der Waals surface area contributed by atoms with Crippen LogP contribution < -0.4 is 0 Å². The second-order valence-corrected chi connectivity index (χ2v) is 2.22. The first-order chi connectivity index (χ1) is 3.93. The Hall–Kier alpha value is -0.243. The third-order valence-electron chi connectivity index (χ3n) is 1.38. The van der Waals surface area contributed by atoms with Crippen LogP contribution in [0.5, 0.6) is 0 Å². The molecule has 0 saturated carbocycles. The van der Waals surface area contributed by atoms with E-state index in [9.17, 15) is 0 Å². The molecule has 0 heterocycles. The molecular formula is C6H9OSi. The van der Waals surface area contributed by atoms with Gasteiger partial charge in [-0.3, -0.25) is 0 Å². The third kappa shape index (κ3) is 1.37. The summed E-state index contributed by atoms with van der Waals surface area (Å²) < 4.78 is 4.86. The average molecular weight is 125 g/mol. The monoisotopic (exact) mass is 125 g/mol. The van der Waals surface area contributed by atoms with Gasteiger partial charge in [0.25, 0.3) is 0 Å². The van der Waals surface area contributed by atoms with Crippen LogP contribution in [0.4, 0.5) is 0 Å². The van der Waals surface area contributed by atoms with Gasteiger partial charge in [0.05, 0.1) is 5.76 Å². The summed E-state index contributed by atoms with van der Waals surface area (Å²) in [5.74, 6) is 1.09. The highest BCUT2D eigenvalue weighted by atomic mass is 28.2. The molecule has 0 atom stereocenters. The van der Waals surface area contributed by atoms with Crippen LogP contribution in [0.15, 0.2) is 11.8 Å². The molecule has 1 nitrogen and oxygen atoms in total. The van der Waals surface area contributed by atoms with E-state index in [1.54, 1.807) is 0 Å². The van der Waals surface area contributed by atoms with E-state index in [0.717, 1.165) is 12.2 Å². The maximum Gasteiger partial charge on any atom is 0.340 e. The Labute approximate surface area is 53.3 Å². The summed E-state index contributed by atoms with van der Waals surface area (Å²) in [4.78, 5) is 0. The molecule has 0 amide bonds.